The minimum Gasteiger partial charge on any atom is -0.405 e. The van der Waals surface area contributed by atoms with Crippen LogP contribution in [0.2, 0.25) is 0 Å². The fourth-order valence-electron chi connectivity index (χ4n) is 6.99. The van der Waals surface area contributed by atoms with E-state index in [1.165, 1.54) is 36.7 Å². The number of aliphatic imine (C=N–C) groups is 1. The topological polar surface area (TPSA) is 72.3 Å². The van der Waals surface area contributed by atoms with E-state index in [1.807, 2.05) is 11.0 Å². The lowest BCUT2D eigenvalue weighted by Crippen LogP contribution is -2.54. The summed E-state index contributed by atoms with van der Waals surface area (Å²) in [5.74, 6) is -0.168. The number of nitrogens with two attached hydrogens (primary N) is 1. The van der Waals surface area contributed by atoms with Crippen molar-refractivity contribution in [3.63, 3.8) is 0 Å². The quantitative estimate of drug-likeness (QED) is 0.186. The lowest BCUT2D eigenvalue weighted by Gasteiger charge is -2.38. The highest BCUT2D eigenvalue weighted by atomic mass is 19.4. The monoisotopic (exact) mass is 656 g/mol. The summed E-state index contributed by atoms with van der Waals surface area (Å²) in [6, 6.07) is 11.8. The molecule has 242 valence electrons. The summed E-state index contributed by atoms with van der Waals surface area (Å²) in [7, 11) is 0. The van der Waals surface area contributed by atoms with Gasteiger partial charge in [-0.3, -0.25) is 15.0 Å². The van der Waals surface area contributed by atoms with Crippen molar-refractivity contribution in [1.29, 1.82) is 0 Å². The third-order valence-corrected chi connectivity index (χ3v) is 9.02. The van der Waals surface area contributed by atoms with Crippen molar-refractivity contribution in [2.24, 2.45) is 10.7 Å². The Morgan fingerprint density at radius 1 is 0.792 bits per heavy atom. The molecule has 0 fully saturated rings. The van der Waals surface area contributed by atoms with Gasteiger partial charge < -0.3 is 15.2 Å². The second-order valence-corrected chi connectivity index (χ2v) is 11.4. The van der Waals surface area contributed by atoms with Gasteiger partial charge in [0.2, 0.25) is 5.41 Å². The van der Waals surface area contributed by atoms with E-state index in [4.69, 9.17) is 5.73 Å². The number of aromatic nitrogens is 3. The van der Waals surface area contributed by atoms with E-state index < -0.39 is 28.9 Å². The molecule has 2 atom stereocenters. The van der Waals surface area contributed by atoms with Crippen LogP contribution in [0.5, 0.6) is 0 Å². The largest absolute Gasteiger partial charge is 0.411 e. The van der Waals surface area contributed by atoms with Crippen molar-refractivity contribution < 1.29 is 26.3 Å². The van der Waals surface area contributed by atoms with Crippen LogP contribution in [0.3, 0.4) is 0 Å². The van der Waals surface area contributed by atoms with Crippen molar-refractivity contribution in [1.82, 2.24) is 14.5 Å². The Labute approximate surface area is 270 Å². The maximum Gasteiger partial charge on any atom is 0.411 e. The number of fused-ring (bicyclic) bond motifs is 4. The first-order chi connectivity index (χ1) is 23.0. The summed E-state index contributed by atoms with van der Waals surface area (Å²) >= 11 is 0. The fraction of sp³-hybridized carbons (Fsp3) is 0.139. The summed E-state index contributed by atoms with van der Waals surface area (Å²) in [5, 5.41) is 0.684. The van der Waals surface area contributed by atoms with Gasteiger partial charge in [0.15, 0.2) is 0 Å². The van der Waals surface area contributed by atoms with E-state index in [0.717, 1.165) is 35.5 Å². The molecule has 2 aromatic carbocycles. The molecule has 0 amide bonds. The predicted molar refractivity (Wildman–Crippen MR) is 174 cm³/mol. The molecule has 0 aliphatic carbocycles. The Bertz CT molecular complexity index is 2090. The average Bonchev–Trinajstić information content (AvgIpc) is 3.57. The zero-order valence-corrected chi connectivity index (χ0v) is 25.0. The third kappa shape index (κ3) is 4.46. The maximum absolute atomic E-state index is 15.1. The molecule has 0 spiro atoms. The molecule has 2 aliphatic heterocycles. The summed E-state index contributed by atoms with van der Waals surface area (Å²) in [6.07, 6.45) is 4.58. The van der Waals surface area contributed by atoms with Crippen molar-refractivity contribution in [2.45, 2.75) is 29.7 Å². The van der Waals surface area contributed by atoms with Gasteiger partial charge in [0, 0.05) is 76.7 Å². The highest BCUT2D eigenvalue weighted by Crippen LogP contribution is 2.57. The van der Waals surface area contributed by atoms with Gasteiger partial charge >= 0.3 is 12.4 Å². The van der Waals surface area contributed by atoms with Crippen LogP contribution < -0.4 is 10.6 Å². The molecule has 6 nitrogen and oxygen atoms in total. The summed E-state index contributed by atoms with van der Waals surface area (Å²) in [6.45, 7) is 3.85. The SMILES string of the molecule is C=Cc1c(/C=C\N)n(-c2ccc(C(c3ccc(N4c5ccncc5C5C=NC=CC54)cc3)(C(F)(F)F)C(F)(F)F)cc2)c2ccncc12. The van der Waals surface area contributed by atoms with Crippen molar-refractivity contribution >= 4 is 40.6 Å². The number of hydrogen-bond donors (Lipinski definition) is 1. The van der Waals surface area contributed by atoms with Gasteiger partial charge in [-0.15, -0.1) is 0 Å². The minimum absolute atomic E-state index is 0.168. The lowest BCUT2D eigenvalue weighted by atomic mass is 9.73. The molecule has 3 aromatic heterocycles. The van der Waals surface area contributed by atoms with E-state index >= 15 is 26.3 Å². The number of halogens is 6. The smallest absolute Gasteiger partial charge is 0.405 e. The molecular formula is C36H26F6N6. The number of benzene rings is 2. The Balaban J connectivity index is 1.35. The van der Waals surface area contributed by atoms with E-state index in [1.54, 1.807) is 59.9 Å². The first-order valence-electron chi connectivity index (χ1n) is 14.8. The van der Waals surface area contributed by atoms with E-state index in [2.05, 4.69) is 21.5 Å². The van der Waals surface area contributed by atoms with Gasteiger partial charge in [-0.2, -0.15) is 26.3 Å². The number of pyridine rings is 2. The molecule has 2 aliphatic rings. The van der Waals surface area contributed by atoms with Crippen molar-refractivity contribution in [3.05, 3.63) is 138 Å². The Kier molecular flexibility index (Phi) is 7.26. The summed E-state index contributed by atoms with van der Waals surface area (Å²) < 4.78 is 92.3. The molecule has 12 heteroatoms. The number of nitrogens with zero attached hydrogens (tertiary/aromatic N) is 5. The molecule has 0 saturated carbocycles. The Hall–Kier alpha value is -5.65. The van der Waals surface area contributed by atoms with Gasteiger partial charge in [-0.25, -0.2) is 0 Å². The van der Waals surface area contributed by atoms with E-state index in [-0.39, 0.29) is 12.0 Å². The number of rotatable bonds is 6. The first-order valence-corrected chi connectivity index (χ1v) is 14.8. The number of anilines is 2. The number of hydrogen-bond acceptors (Lipinski definition) is 5. The van der Waals surface area contributed by atoms with Crippen LogP contribution in [0, 0.1) is 0 Å². The second-order valence-electron chi connectivity index (χ2n) is 11.4. The standard InChI is InChI=1S/C36H26F6N6/c1-2-26-27-19-44-16-12-31(27)47(30(26)11-15-43)24-7-3-22(4-8-24)34(35(37,38)39,36(40,41)42)23-5-9-25(10-6-23)48-32-13-17-45-20-28(32)29-21-46-18-14-33(29)48/h2-21,28,32H,1,43H2/b15-11-. The first kappa shape index (κ1) is 31.0. The van der Waals surface area contributed by atoms with Crippen molar-refractivity contribution in [2.75, 3.05) is 4.90 Å². The highest BCUT2D eigenvalue weighted by molar-refractivity contribution is 5.94. The summed E-state index contributed by atoms with van der Waals surface area (Å²) in [5.41, 5.74) is 3.62. The van der Waals surface area contributed by atoms with Gasteiger partial charge in [-0.05, 0) is 65.9 Å². The fourth-order valence-corrected chi connectivity index (χ4v) is 6.99. The van der Waals surface area contributed by atoms with Crippen LogP contribution in [0.15, 0.2) is 115 Å². The van der Waals surface area contributed by atoms with Crippen molar-refractivity contribution in [3.8, 4) is 5.69 Å². The van der Waals surface area contributed by atoms with E-state index in [9.17, 15) is 0 Å². The highest BCUT2D eigenvalue weighted by Gasteiger charge is 2.72. The van der Waals surface area contributed by atoms with Crippen LogP contribution in [-0.4, -0.2) is 39.1 Å². The molecule has 5 aromatic rings. The zero-order chi connectivity index (χ0) is 33.8. The van der Waals surface area contributed by atoms with Crippen LogP contribution >= 0.6 is 0 Å². The minimum atomic E-state index is -5.75. The van der Waals surface area contributed by atoms with Crippen LogP contribution in [0.25, 0.3) is 28.7 Å². The third-order valence-electron chi connectivity index (χ3n) is 9.02. The molecule has 0 radical (unpaired) electrons. The number of alkyl halides is 6. The van der Waals surface area contributed by atoms with Gasteiger partial charge in [0.05, 0.1) is 17.3 Å². The molecule has 0 bridgehead atoms. The van der Waals surface area contributed by atoms with Gasteiger partial charge in [-0.1, -0.05) is 36.9 Å². The molecular weight excluding hydrogens is 630 g/mol. The van der Waals surface area contributed by atoms with Crippen LogP contribution in [0.1, 0.15) is 33.9 Å². The zero-order valence-electron chi connectivity index (χ0n) is 25.0. The van der Waals surface area contributed by atoms with Gasteiger partial charge in [0.25, 0.3) is 0 Å². The summed E-state index contributed by atoms with van der Waals surface area (Å²) in [4.78, 5) is 14.4. The van der Waals surface area contributed by atoms with Crippen LogP contribution in [0.4, 0.5) is 37.7 Å². The second kappa shape index (κ2) is 11.3. The Morgan fingerprint density at radius 3 is 2.04 bits per heavy atom. The normalized spacial score (nSPS) is 17.7. The lowest BCUT2D eigenvalue weighted by molar-refractivity contribution is -0.288. The predicted octanol–water partition coefficient (Wildman–Crippen LogP) is 8.61. The molecule has 48 heavy (non-hydrogen) atoms. The van der Waals surface area contributed by atoms with Gasteiger partial charge in [0.1, 0.15) is 0 Å². The molecule has 2 N–H and O–H groups in total. The molecule has 5 heterocycles. The van der Waals surface area contributed by atoms with E-state index in [0.29, 0.717) is 33.5 Å². The average molecular weight is 657 g/mol. The van der Waals surface area contributed by atoms with Crippen LogP contribution in [-0.2, 0) is 5.41 Å². The molecule has 7 rings (SSSR count). The maximum atomic E-state index is 15.1. The molecule has 2 unspecified atom stereocenters. The molecule has 0 saturated heterocycles. The Morgan fingerprint density at radius 2 is 1.42 bits per heavy atom.